The maximum absolute atomic E-state index is 10.1. The van der Waals surface area contributed by atoms with Gasteiger partial charge < -0.3 is 25.8 Å². The van der Waals surface area contributed by atoms with Crippen molar-refractivity contribution in [1.29, 1.82) is 0 Å². The molecule has 0 spiro atoms. The smallest absolute Gasteiger partial charge is 0.222 e. The number of nitrogens with zero attached hydrogens (tertiary/aromatic N) is 4. The van der Waals surface area contributed by atoms with E-state index in [9.17, 15) is 10.2 Å². The van der Waals surface area contributed by atoms with Crippen molar-refractivity contribution in [3.63, 3.8) is 0 Å². The number of hydrogen-bond donors (Lipinski definition) is 5. The van der Waals surface area contributed by atoms with Crippen LogP contribution in [0.2, 0.25) is 0 Å². The van der Waals surface area contributed by atoms with Gasteiger partial charge in [0.1, 0.15) is 23.8 Å². The Morgan fingerprint density at radius 2 is 2.10 bits per heavy atom. The molecule has 1 aliphatic heterocycles. The molecule has 0 radical (unpaired) electrons. The molecule has 1 aliphatic rings. The molecule has 0 aliphatic carbocycles. The number of anilines is 1. The molecule has 2 aromatic rings. The number of aromatic nitrogens is 4. The molecule has 9 nitrogen and oxygen atoms in total. The molecule has 21 heavy (non-hydrogen) atoms. The zero-order valence-corrected chi connectivity index (χ0v) is 11.8. The number of ether oxygens (including phenoxy) is 1. The number of fused-ring (bicyclic) bond motifs is 1. The number of nitrogens with two attached hydrogens (primary N) is 1. The second kappa shape index (κ2) is 5.39. The average Bonchev–Trinajstić information content (AvgIpc) is 3.01. The van der Waals surface area contributed by atoms with Crippen molar-refractivity contribution in [3.05, 3.63) is 12.0 Å². The van der Waals surface area contributed by atoms with E-state index in [1.807, 2.05) is 0 Å². The maximum Gasteiger partial charge on any atom is 0.222 e. The van der Waals surface area contributed by atoms with E-state index < -0.39 is 31.1 Å². The summed E-state index contributed by atoms with van der Waals surface area (Å²) in [5, 5.41) is 29.0. The Kier molecular flexibility index (Phi) is 3.71. The summed E-state index contributed by atoms with van der Waals surface area (Å²) in [7, 11) is 0. The van der Waals surface area contributed by atoms with E-state index in [0.717, 1.165) is 0 Å². The third-order valence-corrected chi connectivity index (χ3v) is 3.75. The minimum atomic E-state index is -1.21. The lowest BCUT2D eigenvalue weighted by molar-refractivity contribution is -0.0511. The fraction of sp³-hybridized carbons (Fsp3) is 0.545. The lowest BCUT2D eigenvalue weighted by Crippen LogP contribution is -2.33. The van der Waals surface area contributed by atoms with Gasteiger partial charge in [-0.25, -0.2) is 9.97 Å². The highest BCUT2D eigenvalue weighted by molar-refractivity contribution is 7.79. The van der Waals surface area contributed by atoms with E-state index in [-0.39, 0.29) is 5.95 Å². The molecule has 0 aromatic carbocycles. The summed E-state index contributed by atoms with van der Waals surface area (Å²) in [4.78, 5) is 12.3. The van der Waals surface area contributed by atoms with Gasteiger partial charge in [-0.15, -0.1) is 0 Å². The summed E-state index contributed by atoms with van der Waals surface area (Å²) in [6.45, 7) is -0.402. The number of nitrogen functional groups attached to an aromatic ring is 1. The van der Waals surface area contributed by atoms with E-state index in [4.69, 9.17) is 15.6 Å². The predicted molar refractivity (Wildman–Crippen MR) is 75.4 cm³/mol. The molecule has 3 heterocycles. The lowest BCUT2D eigenvalue weighted by Gasteiger charge is -2.16. The number of imidazole rings is 1. The first-order valence-corrected chi connectivity index (χ1v) is 6.92. The number of rotatable bonds is 3. The molecule has 0 bridgehead atoms. The van der Waals surface area contributed by atoms with Crippen LogP contribution in [0.15, 0.2) is 6.33 Å². The van der Waals surface area contributed by atoms with Gasteiger partial charge in [-0.2, -0.15) is 17.6 Å². The van der Waals surface area contributed by atoms with Gasteiger partial charge in [-0.1, -0.05) is 0 Å². The molecule has 1 fully saturated rings. The van der Waals surface area contributed by atoms with Gasteiger partial charge in [0.15, 0.2) is 11.9 Å². The normalized spacial score (nSPS) is 29.3. The van der Waals surface area contributed by atoms with Crippen LogP contribution in [0.25, 0.3) is 11.2 Å². The average molecular weight is 313 g/mol. The number of aliphatic hydroxyl groups is 3. The summed E-state index contributed by atoms with van der Waals surface area (Å²) in [5.74, 6) is 0.385. The van der Waals surface area contributed by atoms with Crippen LogP contribution in [-0.4, -0.2) is 59.8 Å². The SMILES string of the molecule is Nc1nc(CS)c2ncn(C3O[C@H](CO)[C@@H](O)[C@H]3O)c2n1. The van der Waals surface area contributed by atoms with Crippen molar-refractivity contribution in [3.8, 4) is 0 Å². The zero-order valence-electron chi connectivity index (χ0n) is 10.9. The molecule has 1 saturated heterocycles. The van der Waals surface area contributed by atoms with Gasteiger partial charge >= 0.3 is 0 Å². The van der Waals surface area contributed by atoms with E-state index in [1.54, 1.807) is 0 Å². The molecule has 10 heteroatoms. The van der Waals surface area contributed by atoms with E-state index in [1.165, 1.54) is 10.9 Å². The third kappa shape index (κ3) is 2.24. The first kappa shape index (κ1) is 14.5. The van der Waals surface area contributed by atoms with Gasteiger partial charge in [0.25, 0.3) is 0 Å². The van der Waals surface area contributed by atoms with Gasteiger partial charge in [0.2, 0.25) is 5.95 Å². The monoisotopic (exact) mass is 313 g/mol. The Balaban J connectivity index is 2.07. The summed E-state index contributed by atoms with van der Waals surface area (Å²) in [6.07, 6.45) is -2.77. The minimum absolute atomic E-state index is 0.0556. The third-order valence-electron chi connectivity index (χ3n) is 3.45. The van der Waals surface area contributed by atoms with E-state index in [2.05, 4.69) is 27.6 Å². The predicted octanol–water partition coefficient (Wildman–Crippen LogP) is -1.55. The molecule has 3 rings (SSSR count). The van der Waals surface area contributed by atoms with Crippen molar-refractivity contribution in [2.45, 2.75) is 30.3 Å². The molecular formula is C11H15N5O4S. The number of thiol groups is 1. The largest absolute Gasteiger partial charge is 0.394 e. The molecule has 5 N–H and O–H groups in total. The highest BCUT2D eigenvalue weighted by Crippen LogP contribution is 2.31. The van der Waals surface area contributed by atoms with Crippen molar-refractivity contribution in [2.75, 3.05) is 12.3 Å². The number of hydrogen-bond acceptors (Lipinski definition) is 9. The second-order valence-electron chi connectivity index (χ2n) is 4.74. The van der Waals surface area contributed by atoms with Crippen LogP contribution in [0.4, 0.5) is 5.95 Å². The highest BCUT2D eigenvalue weighted by atomic mass is 32.1. The van der Waals surface area contributed by atoms with Crippen molar-refractivity contribution >= 4 is 29.7 Å². The Hall–Kier alpha value is -1.46. The van der Waals surface area contributed by atoms with Crippen LogP contribution < -0.4 is 5.73 Å². The van der Waals surface area contributed by atoms with Crippen LogP contribution in [0, 0.1) is 0 Å². The molecule has 1 unspecified atom stereocenters. The van der Waals surface area contributed by atoms with Crippen LogP contribution in [0.3, 0.4) is 0 Å². The van der Waals surface area contributed by atoms with E-state index in [0.29, 0.717) is 22.6 Å². The first-order chi connectivity index (χ1) is 10.1. The van der Waals surface area contributed by atoms with Gasteiger partial charge in [0, 0.05) is 5.75 Å². The quantitative estimate of drug-likeness (QED) is 0.429. The summed E-state index contributed by atoms with van der Waals surface area (Å²) in [6, 6.07) is 0. The summed E-state index contributed by atoms with van der Waals surface area (Å²) < 4.78 is 6.92. The Bertz CT molecular complexity index is 665. The molecule has 4 atom stereocenters. The van der Waals surface area contributed by atoms with Gasteiger partial charge in [0.05, 0.1) is 18.6 Å². The van der Waals surface area contributed by atoms with Crippen LogP contribution in [0.1, 0.15) is 11.9 Å². The van der Waals surface area contributed by atoms with Gasteiger partial charge in [-0.3, -0.25) is 4.57 Å². The fourth-order valence-corrected chi connectivity index (χ4v) is 2.62. The Morgan fingerprint density at radius 1 is 1.33 bits per heavy atom. The lowest BCUT2D eigenvalue weighted by atomic mass is 10.1. The first-order valence-electron chi connectivity index (χ1n) is 6.29. The van der Waals surface area contributed by atoms with Crippen molar-refractivity contribution in [2.24, 2.45) is 0 Å². The Morgan fingerprint density at radius 3 is 2.71 bits per heavy atom. The molecule has 0 saturated carbocycles. The van der Waals surface area contributed by atoms with Crippen LogP contribution in [-0.2, 0) is 10.5 Å². The van der Waals surface area contributed by atoms with E-state index >= 15 is 0 Å². The fourth-order valence-electron chi connectivity index (χ4n) is 2.40. The minimum Gasteiger partial charge on any atom is -0.394 e. The van der Waals surface area contributed by atoms with Crippen LogP contribution >= 0.6 is 12.6 Å². The number of aliphatic hydroxyl groups excluding tert-OH is 3. The van der Waals surface area contributed by atoms with Gasteiger partial charge in [-0.05, 0) is 0 Å². The van der Waals surface area contributed by atoms with Crippen LogP contribution in [0.5, 0.6) is 0 Å². The highest BCUT2D eigenvalue weighted by Gasteiger charge is 2.44. The standard InChI is InChI=1S/C11H15N5O4S/c12-11-14-4(2-21)6-9(15-11)16(3-13-6)10-8(19)7(18)5(1-17)20-10/h3,5,7-8,10,17-19,21H,1-2H2,(H2,12,14,15)/t5-,7-,8-,10?/m1/s1. The molecule has 2 aromatic heterocycles. The maximum atomic E-state index is 10.1. The summed E-state index contributed by atoms with van der Waals surface area (Å²) in [5.41, 5.74) is 7.09. The molecule has 0 amide bonds. The Labute approximate surface area is 124 Å². The van der Waals surface area contributed by atoms with Crippen molar-refractivity contribution in [1.82, 2.24) is 19.5 Å². The van der Waals surface area contributed by atoms with Crippen molar-refractivity contribution < 1.29 is 20.1 Å². The summed E-state index contributed by atoms with van der Waals surface area (Å²) >= 11 is 4.17. The second-order valence-corrected chi connectivity index (χ2v) is 5.06. The molecule has 114 valence electrons. The molecular weight excluding hydrogens is 298 g/mol. The zero-order chi connectivity index (χ0) is 15.1. The topological polar surface area (TPSA) is 140 Å².